The van der Waals surface area contributed by atoms with Crippen molar-refractivity contribution >= 4 is 17.6 Å². The Morgan fingerprint density at radius 1 is 1.30 bits per heavy atom. The van der Waals surface area contributed by atoms with Gasteiger partial charge < -0.3 is 9.84 Å². The van der Waals surface area contributed by atoms with E-state index in [0.29, 0.717) is 24.4 Å². The number of benzene rings is 1. The smallest absolute Gasteiger partial charge is 0.337 e. The second kappa shape index (κ2) is 7.50. The summed E-state index contributed by atoms with van der Waals surface area (Å²) in [6.07, 6.45) is 0. The lowest BCUT2D eigenvalue weighted by Crippen LogP contribution is -2.39. The molecule has 20 heavy (non-hydrogen) atoms. The minimum Gasteiger partial charge on any atom is -0.492 e. The first-order valence-electron chi connectivity index (χ1n) is 6.74. The van der Waals surface area contributed by atoms with Crippen molar-refractivity contribution in [3.8, 4) is 5.75 Å². The number of nitrogens with zero attached hydrogens (tertiary/aromatic N) is 1. The predicted octanol–water partition coefficient (Wildman–Crippen LogP) is 3.54. The summed E-state index contributed by atoms with van der Waals surface area (Å²) in [5.74, 6) is -0.445. The summed E-state index contributed by atoms with van der Waals surface area (Å²) in [7, 11) is 0. The van der Waals surface area contributed by atoms with Crippen molar-refractivity contribution in [1.82, 2.24) is 4.90 Å². The molecule has 0 aliphatic carbocycles. The van der Waals surface area contributed by atoms with E-state index in [1.807, 2.05) is 0 Å². The molecule has 1 N–H and O–H groups in total. The molecule has 0 heterocycles. The Labute approximate surface area is 125 Å². The molecule has 0 radical (unpaired) electrons. The summed E-state index contributed by atoms with van der Waals surface area (Å²) in [4.78, 5) is 13.2. The van der Waals surface area contributed by atoms with Crippen LogP contribution in [0.1, 0.15) is 38.1 Å². The standard InChI is InChI=1S/C15H22ClNO3/c1-10(2)17(11(3)4)7-8-20-12-5-6-13(15(18)19)14(16)9-12/h5-6,9-11H,7-8H2,1-4H3,(H,18,19). The van der Waals surface area contributed by atoms with Crippen LogP contribution in [0, 0.1) is 0 Å². The van der Waals surface area contributed by atoms with Crippen molar-refractivity contribution in [3.05, 3.63) is 28.8 Å². The first kappa shape index (κ1) is 16.8. The molecule has 0 atom stereocenters. The summed E-state index contributed by atoms with van der Waals surface area (Å²) in [5.41, 5.74) is 0.0880. The Hall–Kier alpha value is -1.26. The molecule has 0 aromatic heterocycles. The summed E-state index contributed by atoms with van der Waals surface area (Å²) < 4.78 is 5.63. The maximum absolute atomic E-state index is 10.9. The lowest BCUT2D eigenvalue weighted by molar-refractivity contribution is 0.0697. The van der Waals surface area contributed by atoms with E-state index < -0.39 is 5.97 Å². The number of aromatic carboxylic acids is 1. The second-order valence-corrected chi connectivity index (χ2v) is 5.63. The van der Waals surface area contributed by atoms with Gasteiger partial charge in [0, 0.05) is 18.6 Å². The van der Waals surface area contributed by atoms with Gasteiger partial charge in [0.25, 0.3) is 0 Å². The van der Waals surface area contributed by atoms with E-state index in [1.54, 1.807) is 12.1 Å². The molecule has 4 nitrogen and oxygen atoms in total. The molecule has 0 bridgehead atoms. The third-order valence-corrected chi connectivity index (χ3v) is 3.43. The molecule has 0 unspecified atom stereocenters. The fraction of sp³-hybridized carbons (Fsp3) is 0.533. The number of carboxylic acid groups (broad SMARTS) is 1. The van der Waals surface area contributed by atoms with Gasteiger partial charge >= 0.3 is 5.97 Å². The zero-order valence-electron chi connectivity index (χ0n) is 12.4. The van der Waals surface area contributed by atoms with Crippen molar-refractivity contribution in [2.24, 2.45) is 0 Å². The van der Waals surface area contributed by atoms with E-state index >= 15 is 0 Å². The lowest BCUT2D eigenvalue weighted by Gasteiger charge is -2.30. The van der Waals surface area contributed by atoms with E-state index in [2.05, 4.69) is 32.6 Å². The first-order valence-corrected chi connectivity index (χ1v) is 7.12. The molecule has 0 spiro atoms. The Kier molecular flexibility index (Phi) is 6.30. The molecule has 0 aliphatic heterocycles. The summed E-state index contributed by atoms with van der Waals surface area (Å²) in [5, 5.41) is 9.09. The molecule has 112 valence electrons. The van der Waals surface area contributed by atoms with E-state index in [1.165, 1.54) is 6.07 Å². The number of carbonyl (C=O) groups is 1. The second-order valence-electron chi connectivity index (χ2n) is 5.22. The van der Waals surface area contributed by atoms with Gasteiger partial charge in [-0.2, -0.15) is 0 Å². The van der Waals surface area contributed by atoms with E-state index in [0.717, 1.165) is 6.54 Å². The number of carboxylic acids is 1. The Bertz CT molecular complexity index is 452. The minimum atomic E-state index is -1.03. The first-order chi connectivity index (χ1) is 9.32. The number of rotatable bonds is 7. The van der Waals surface area contributed by atoms with Crippen LogP contribution >= 0.6 is 11.6 Å². The van der Waals surface area contributed by atoms with Gasteiger partial charge in [0.2, 0.25) is 0 Å². The van der Waals surface area contributed by atoms with Crippen LogP contribution in [0.4, 0.5) is 0 Å². The quantitative estimate of drug-likeness (QED) is 0.836. The Morgan fingerprint density at radius 2 is 1.90 bits per heavy atom. The fourth-order valence-electron chi connectivity index (χ4n) is 2.14. The molecule has 1 aromatic rings. The van der Waals surface area contributed by atoms with Crippen LogP contribution in [0.15, 0.2) is 18.2 Å². The van der Waals surface area contributed by atoms with Crippen molar-refractivity contribution in [3.63, 3.8) is 0 Å². The highest BCUT2D eigenvalue weighted by Crippen LogP contribution is 2.22. The highest BCUT2D eigenvalue weighted by molar-refractivity contribution is 6.33. The SMILES string of the molecule is CC(C)N(CCOc1ccc(C(=O)O)c(Cl)c1)C(C)C. The van der Waals surface area contributed by atoms with Crippen molar-refractivity contribution in [2.75, 3.05) is 13.2 Å². The maximum atomic E-state index is 10.9. The predicted molar refractivity (Wildman–Crippen MR) is 80.9 cm³/mol. The van der Waals surface area contributed by atoms with E-state index in [4.69, 9.17) is 21.4 Å². The monoisotopic (exact) mass is 299 g/mol. The Morgan fingerprint density at radius 3 is 2.35 bits per heavy atom. The van der Waals surface area contributed by atoms with Crippen LogP contribution in [0.2, 0.25) is 5.02 Å². The number of ether oxygens (including phenoxy) is 1. The van der Waals surface area contributed by atoms with Gasteiger partial charge in [0.15, 0.2) is 0 Å². The Balaban J connectivity index is 2.58. The van der Waals surface area contributed by atoms with Gasteiger partial charge in [-0.15, -0.1) is 0 Å². The van der Waals surface area contributed by atoms with Crippen molar-refractivity contribution in [1.29, 1.82) is 0 Å². The molecule has 5 heteroatoms. The lowest BCUT2D eigenvalue weighted by atomic mass is 10.2. The molecule has 1 rings (SSSR count). The van der Waals surface area contributed by atoms with Crippen LogP contribution in [0.25, 0.3) is 0 Å². The van der Waals surface area contributed by atoms with Crippen LogP contribution < -0.4 is 4.74 Å². The molecule has 0 amide bonds. The largest absolute Gasteiger partial charge is 0.492 e. The zero-order chi connectivity index (χ0) is 15.3. The number of halogens is 1. The molecule has 1 aromatic carbocycles. The van der Waals surface area contributed by atoms with Gasteiger partial charge in [-0.3, -0.25) is 4.90 Å². The average Bonchev–Trinajstić information content (AvgIpc) is 2.33. The summed E-state index contributed by atoms with van der Waals surface area (Å²) in [6, 6.07) is 5.54. The molecule has 0 aliphatic rings. The van der Waals surface area contributed by atoms with Gasteiger partial charge in [0.1, 0.15) is 12.4 Å². The third-order valence-electron chi connectivity index (χ3n) is 3.12. The van der Waals surface area contributed by atoms with Crippen molar-refractivity contribution in [2.45, 2.75) is 39.8 Å². The van der Waals surface area contributed by atoms with Gasteiger partial charge in [-0.1, -0.05) is 11.6 Å². The molecule has 0 saturated carbocycles. The topological polar surface area (TPSA) is 49.8 Å². The van der Waals surface area contributed by atoms with Crippen LogP contribution in [0.3, 0.4) is 0 Å². The van der Waals surface area contributed by atoms with Crippen LogP contribution in [-0.2, 0) is 0 Å². The van der Waals surface area contributed by atoms with Gasteiger partial charge in [0.05, 0.1) is 10.6 Å². The average molecular weight is 300 g/mol. The summed E-state index contributed by atoms with van der Waals surface area (Å²) in [6.45, 7) is 9.96. The minimum absolute atomic E-state index is 0.0880. The van der Waals surface area contributed by atoms with Crippen LogP contribution in [0.5, 0.6) is 5.75 Å². The third kappa shape index (κ3) is 4.69. The number of hydrogen-bond acceptors (Lipinski definition) is 3. The zero-order valence-corrected chi connectivity index (χ0v) is 13.1. The molecular weight excluding hydrogens is 278 g/mol. The van der Waals surface area contributed by atoms with Gasteiger partial charge in [-0.25, -0.2) is 4.79 Å². The van der Waals surface area contributed by atoms with Crippen LogP contribution in [-0.4, -0.2) is 41.2 Å². The highest BCUT2D eigenvalue weighted by atomic mass is 35.5. The van der Waals surface area contributed by atoms with E-state index in [9.17, 15) is 4.79 Å². The maximum Gasteiger partial charge on any atom is 0.337 e. The molecular formula is C15H22ClNO3. The highest BCUT2D eigenvalue weighted by Gasteiger charge is 2.13. The number of hydrogen-bond donors (Lipinski definition) is 1. The normalized spacial score (nSPS) is 11.4. The fourth-order valence-corrected chi connectivity index (χ4v) is 2.39. The molecule has 0 fully saturated rings. The van der Waals surface area contributed by atoms with Crippen molar-refractivity contribution < 1.29 is 14.6 Å². The molecule has 0 saturated heterocycles. The van der Waals surface area contributed by atoms with Gasteiger partial charge in [-0.05, 0) is 45.9 Å². The summed E-state index contributed by atoms with van der Waals surface area (Å²) >= 11 is 5.90. The van der Waals surface area contributed by atoms with E-state index in [-0.39, 0.29) is 10.6 Å².